The highest BCUT2D eigenvalue weighted by atomic mass is 19.1. The van der Waals surface area contributed by atoms with Gasteiger partial charge in [0.05, 0.1) is 6.10 Å². The van der Waals surface area contributed by atoms with Crippen LogP contribution < -0.4 is 0 Å². The molecule has 0 N–H and O–H groups in total. The Hall–Kier alpha value is -1.26. The third-order valence-electron chi connectivity index (χ3n) is 4.49. The number of likely N-dealkylation sites (tertiary alicyclic amines) is 1. The van der Waals surface area contributed by atoms with Crippen molar-refractivity contribution >= 4 is 5.78 Å². The molecule has 0 aromatic heterocycles. The van der Waals surface area contributed by atoms with E-state index in [1.165, 1.54) is 12.1 Å². The molecule has 0 aliphatic carbocycles. The lowest BCUT2D eigenvalue weighted by molar-refractivity contribution is 0.0522. The second-order valence-corrected chi connectivity index (χ2v) is 6.10. The highest BCUT2D eigenvalue weighted by Crippen LogP contribution is 2.23. The first-order chi connectivity index (χ1) is 10.2. The van der Waals surface area contributed by atoms with Crippen LogP contribution in [0.2, 0.25) is 0 Å². The smallest absolute Gasteiger partial charge is 0.167 e. The van der Waals surface area contributed by atoms with E-state index in [2.05, 4.69) is 4.90 Å². The number of piperidine rings is 1. The molecular formula is C17H22FNO2. The van der Waals surface area contributed by atoms with Crippen LogP contribution in [0.5, 0.6) is 0 Å². The van der Waals surface area contributed by atoms with Crippen LogP contribution in [-0.2, 0) is 4.74 Å². The average Bonchev–Trinajstić information content (AvgIpc) is 3.00. The third kappa shape index (κ3) is 3.69. The summed E-state index contributed by atoms with van der Waals surface area (Å²) in [6.45, 7) is 3.66. The van der Waals surface area contributed by atoms with Gasteiger partial charge in [0, 0.05) is 31.2 Å². The van der Waals surface area contributed by atoms with Gasteiger partial charge in [-0.1, -0.05) is 0 Å². The van der Waals surface area contributed by atoms with Crippen LogP contribution in [0.4, 0.5) is 4.39 Å². The van der Waals surface area contributed by atoms with E-state index in [-0.39, 0.29) is 17.5 Å². The number of rotatable bonds is 4. The van der Waals surface area contributed by atoms with Gasteiger partial charge >= 0.3 is 0 Å². The first-order valence-electron chi connectivity index (χ1n) is 7.86. The summed E-state index contributed by atoms with van der Waals surface area (Å²) in [5.41, 5.74) is 0.625. The lowest BCUT2D eigenvalue weighted by atomic mass is 9.90. The van der Waals surface area contributed by atoms with E-state index in [4.69, 9.17) is 4.74 Å². The molecule has 2 unspecified atom stereocenters. The van der Waals surface area contributed by atoms with Crippen molar-refractivity contribution in [3.05, 3.63) is 35.6 Å². The molecule has 21 heavy (non-hydrogen) atoms. The quantitative estimate of drug-likeness (QED) is 0.799. The zero-order valence-electron chi connectivity index (χ0n) is 12.3. The van der Waals surface area contributed by atoms with E-state index in [1.54, 1.807) is 12.1 Å². The minimum Gasteiger partial charge on any atom is -0.377 e. The Morgan fingerprint density at radius 3 is 2.76 bits per heavy atom. The predicted octanol–water partition coefficient (Wildman–Crippen LogP) is 2.90. The maximum absolute atomic E-state index is 12.9. The molecule has 3 rings (SSSR count). The van der Waals surface area contributed by atoms with Crippen molar-refractivity contribution in [1.82, 2.24) is 4.90 Å². The van der Waals surface area contributed by atoms with Crippen molar-refractivity contribution < 1.29 is 13.9 Å². The van der Waals surface area contributed by atoms with E-state index >= 15 is 0 Å². The number of hydrogen-bond acceptors (Lipinski definition) is 3. The fraction of sp³-hybridized carbons (Fsp3) is 0.588. The number of carbonyl (C=O) groups excluding carboxylic acids is 1. The molecule has 2 fully saturated rings. The van der Waals surface area contributed by atoms with Crippen molar-refractivity contribution in [3.63, 3.8) is 0 Å². The summed E-state index contributed by atoms with van der Waals surface area (Å²) in [4.78, 5) is 14.9. The third-order valence-corrected chi connectivity index (χ3v) is 4.49. The van der Waals surface area contributed by atoms with Gasteiger partial charge in [-0.3, -0.25) is 4.79 Å². The zero-order chi connectivity index (χ0) is 14.7. The molecule has 0 amide bonds. The summed E-state index contributed by atoms with van der Waals surface area (Å²) in [5, 5.41) is 0. The summed E-state index contributed by atoms with van der Waals surface area (Å²) in [7, 11) is 0. The Morgan fingerprint density at radius 1 is 1.24 bits per heavy atom. The molecule has 2 atom stereocenters. The topological polar surface area (TPSA) is 29.5 Å². The van der Waals surface area contributed by atoms with Gasteiger partial charge in [0.25, 0.3) is 0 Å². The Balaban J connectivity index is 1.59. The highest BCUT2D eigenvalue weighted by Gasteiger charge is 2.28. The van der Waals surface area contributed by atoms with E-state index in [0.29, 0.717) is 11.7 Å². The zero-order valence-corrected chi connectivity index (χ0v) is 12.3. The van der Waals surface area contributed by atoms with E-state index < -0.39 is 0 Å². The van der Waals surface area contributed by atoms with Crippen LogP contribution in [0, 0.1) is 11.7 Å². The Labute approximate surface area is 125 Å². The Morgan fingerprint density at radius 2 is 2.05 bits per heavy atom. The van der Waals surface area contributed by atoms with Crippen LogP contribution in [0.15, 0.2) is 24.3 Å². The van der Waals surface area contributed by atoms with Crippen molar-refractivity contribution in [3.8, 4) is 0 Å². The number of nitrogens with zero attached hydrogens (tertiary/aromatic N) is 1. The number of hydrogen-bond donors (Lipinski definition) is 0. The largest absolute Gasteiger partial charge is 0.377 e. The minimum atomic E-state index is -0.296. The highest BCUT2D eigenvalue weighted by molar-refractivity contribution is 5.98. The first kappa shape index (κ1) is 14.7. The molecule has 0 bridgehead atoms. The van der Waals surface area contributed by atoms with Crippen molar-refractivity contribution in [2.24, 2.45) is 5.92 Å². The summed E-state index contributed by atoms with van der Waals surface area (Å²) in [5.74, 6) is -0.118. The van der Waals surface area contributed by atoms with Crippen molar-refractivity contribution in [2.75, 3.05) is 26.2 Å². The van der Waals surface area contributed by atoms with Crippen LogP contribution in [-0.4, -0.2) is 43.0 Å². The second kappa shape index (κ2) is 6.67. The summed E-state index contributed by atoms with van der Waals surface area (Å²) >= 11 is 0. The minimum absolute atomic E-state index is 0.0330. The molecule has 114 valence electrons. The summed E-state index contributed by atoms with van der Waals surface area (Å²) in [6.07, 6.45) is 4.59. The normalized spacial score (nSPS) is 26.9. The number of Topliss-reactive ketones (excluding diaryl/α,β-unsaturated/α-hetero) is 1. The van der Waals surface area contributed by atoms with Crippen LogP contribution >= 0.6 is 0 Å². The molecule has 2 heterocycles. The number of halogens is 1. The molecule has 1 aromatic rings. The van der Waals surface area contributed by atoms with Crippen LogP contribution in [0.1, 0.15) is 36.0 Å². The average molecular weight is 291 g/mol. The number of carbonyl (C=O) groups is 1. The molecule has 0 radical (unpaired) electrons. The van der Waals surface area contributed by atoms with E-state index in [9.17, 15) is 9.18 Å². The lowest BCUT2D eigenvalue weighted by Crippen LogP contribution is -2.42. The predicted molar refractivity (Wildman–Crippen MR) is 78.9 cm³/mol. The molecule has 2 aliphatic rings. The van der Waals surface area contributed by atoms with E-state index in [1.807, 2.05) is 0 Å². The van der Waals surface area contributed by atoms with Gasteiger partial charge in [-0.05, 0) is 56.5 Å². The second-order valence-electron chi connectivity index (χ2n) is 6.10. The Bertz CT molecular complexity index is 482. The molecule has 3 nitrogen and oxygen atoms in total. The first-order valence-corrected chi connectivity index (χ1v) is 7.86. The molecule has 2 aliphatic heterocycles. The molecule has 4 heteroatoms. The van der Waals surface area contributed by atoms with Gasteiger partial charge in [-0.25, -0.2) is 4.39 Å². The van der Waals surface area contributed by atoms with Gasteiger partial charge in [0.15, 0.2) is 5.78 Å². The Kier molecular flexibility index (Phi) is 4.66. The number of ether oxygens (including phenoxy) is 1. The SMILES string of the molecule is O=C(c1ccc(F)cc1)C1CCCN(CC2CCCO2)C1. The van der Waals surface area contributed by atoms with Gasteiger partial charge in [-0.15, -0.1) is 0 Å². The monoisotopic (exact) mass is 291 g/mol. The maximum Gasteiger partial charge on any atom is 0.167 e. The van der Waals surface area contributed by atoms with Crippen molar-refractivity contribution in [2.45, 2.75) is 31.8 Å². The summed E-state index contributed by atoms with van der Waals surface area (Å²) in [6, 6.07) is 5.91. The maximum atomic E-state index is 12.9. The van der Waals surface area contributed by atoms with Gasteiger partial charge < -0.3 is 9.64 Å². The van der Waals surface area contributed by atoms with Gasteiger partial charge in [0.2, 0.25) is 0 Å². The van der Waals surface area contributed by atoms with E-state index in [0.717, 1.165) is 51.9 Å². The molecular weight excluding hydrogens is 269 g/mol. The lowest BCUT2D eigenvalue weighted by Gasteiger charge is -2.33. The number of ketones is 1. The molecule has 1 aromatic carbocycles. The molecule has 0 saturated carbocycles. The van der Waals surface area contributed by atoms with Crippen LogP contribution in [0.3, 0.4) is 0 Å². The van der Waals surface area contributed by atoms with Crippen molar-refractivity contribution in [1.29, 1.82) is 0 Å². The van der Waals surface area contributed by atoms with Gasteiger partial charge in [-0.2, -0.15) is 0 Å². The van der Waals surface area contributed by atoms with Gasteiger partial charge in [0.1, 0.15) is 5.82 Å². The molecule has 0 spiro atoms. The summed E-state index contributed by atoms with van der Waals surface area (Å²) < 4.78 is 18.6. The number of benzene rings is 1. The van der Waals surface area contributed by atoms with Crippen LogP contribution in [0.25, 0.3) is 0 Å². The molecule has 2 saturated heterocycles. The standard InChI is InChI=1S/C17H22FNO2/c18-15-7-5-13(6-8-15)17(20)14-3-1-9-19(11-14)12-16-4-2-10-21-16/h5-8,14,16H,1-4,9-12H2. The fourth-order valence-electron chi connectivity index (χ4n) is 3.36. The fourth-order valence-corrected chi connectivity index (χ4v) is 3.36.